The van der Waals surface area contributed by atoms with Crippen molar-refractivity contribution in [2.24, 2.45) is 10.7 Å². The van der Waals surface area contributed by atoms with E-state index in [1.165, 1.54) is 5.56 Å². The molecule has 0 amide bonds. The fourth-order valence-corrected chi connectivity index (χ4v) is 2.65. The Kier molecular flexibility index (Phi) is 6.41. The van der Waals surface area contributed by atoms with E-state index in [2.05, 4.69) is 15.3 Å². The van der Waals surface area contributed by atoms with Crippen molar-refractivity contribution >= 4 is 47.0 Å². The van der Waals surface area contributed by atoms with Crippen LogP contribution in [0.3, 0.4) is 0 Å². The number of nitrogens with zero attached hydrogens (tertiary/aromatic N) is 2. The maximum atomic E-state index is 5.88. The highest BCUT2D eigenvalue weighted by molar-refractivity contribution is 14.0. The van der Waals surface area contributed by atoms with Gasteiger partial charge in [-0.2, -0.15) is 0 Å². The van der Waals surface area contributed by atoms with Gasteiger partial charge in [0.1, 0.15) is 0 Å². The number of aliphatic imine (C=N–C) groups is 1. The lowest BCUT2D eigenvalue weighted by Crippen LogP contribution is -2.22. The molecule has 0 aliphatic heterocycles. The molecule has 2 aromatic rings. The van der Waals surface area contributed by atoms with Crippen LogP contribution >= 0.6 is 35.3 Å². The number of guanidine groups is 1. The van der Waals surface area contributed by atoms with Crippen molar-refractivity contribution in [3.8, 4) is 0 Å². The van der Waals surface area contributed by atoms with E-state index >= 15 is 0 Å². The summed E-state index contributed by atoms with van der Waals surface area (Å²) < 4.78 is 0. The van der Waals surface area contributed by atoms with Crippen LogP contribution in [-0.4, -0.2) is 10.9 Å². The average molecular weight is 402 g/mol. The molecule has 1 heterocycles. The van der Waals surface area contributed by atoms with E-state index in [0.29, 0.717) is 12.5 Å². The van der Waals surface area contributed by atoms with E-state index in [1.54, 1.807) is 11.3 Å². The third-order valence-electron chi connectivity index (χ3n) is 2.68. The first-order valence-corrected chi connectivity index (χ1v) is 6.93. The van der Waals surface area contributed by atoms with Gasteiger partial charge in [-0.1, -0.05) is 12.1 Å². The summed E-state index contributed by atoms with van der Waals surface area (Å²) in [5.41, 5.74) is 9.06. The molecule has 0 aliphatic carbocycles. The van der Waals surface area contributed by atoms with Crippen LogP contribution in [0.1, 0.15) is 21.1 Å². The quantitative estimate of drug-likeness (QED) is 0.469. The summed E-state index contributed by atoms with van der Waals surface area (Å²) in [6.07, 6.45) is 0. The summed E-state index contributed by atoms with van der Waals surface area (Å²) in [4.78, 5) is 9.88. The van der Waals surface area contributed by atoms with Crippen LogP contribution in [0.15, 0.2) is 29.3 Å². The fraction of sp³-hybridized carbons (Fsp3) is 0.286. The van der Waals surface area contributed by atoms with Crippen molar-refractivity contribution in [1.29, 1.82) is 0 Å². The number of nitrogens with one attached hydrogen (secondary N) is 1. The number of anilines is 1. The van der Waals surface area contributed by atoms with Crippen molar-refractivity contribution in [3.05, 3.63) is 45.4 Å². The zero-order valence-corrected chi connectivity index (χ0v) is 15.0. The van der Waals surface area contributed by atoms with Gasteiger partial charge in [-0.25, -0.2) is 9.98 Å². The van der Waals surface area contributed by atoms with Gasteiger partial charge in [0.05, 0.1) is 17.2 Å². The van der Waals surface area contributed by atoms with E-state index in [0.717, 1.165) is 21.3 Å². The zero-order valence-electron chi connectivity index (χ0n) is 11.8. The standard InChI is InChI=1S/C14H18N4S.HI/c1-9-5-4-6-12(7-9)18-14(15)16-8-13-10(2)17-11(3)19-13;/h4-7H,8H2,1-3H3,(H3,15,16,18);1H. The van der Waals surface area contributed by atoms with Gasteiger partial charge >= 0.3 is 0 Å². The smallest absolute Gasteiger partial charge is 0.193 e. The minimum Gasteiger partial charge on any atom is -0.370 e. The third kappa shape index (κ3) is 4.75. The zero-order chi connectivity index (χ0) is 13.8. The van der Waals surface area contributed by atoms with Crippen molar-refractivity contribution in [2.45, 2.75) is 27.3 Å². The van der Waals surface area contributed by atoms with Crippen LogP contribution in [-0.2, 0) is 6.54 Å². The van der Waals surface area contributed by atoms with Gasteiger partial charge in [-0.15, -0.1) is 35.3 Å². The molecule has 0 aliphatic rings. The molecule has 4 nitrogen and oxygen atoms in total. The highest BCUT2D eigenvalue weighted by atomic mass is 127. The van der Waals surface area contributed by atoms with E-state index in [-0.39, 0.29) is 24.0 Å². The first kappa shape index (κ1) is 16.9. The van der Waals surface area contributed by atoms with Crippen LogP contribution < -0.4 is 11.1 Å². The molecule has 0 atom stereocenters. The Balaban J connectivity index is 0.00000200. The van der Waals surface area contributed by atoms with E-state index in [4.69, 9.17) is 5.73 Å². The monoisotopic (exact) mass is 402 g/mol. The molecule has 20 heavy (non-hydrogen) atoms. The van der Waals surface area contributed by atoms with Gasteiger partial charge in [0.15, 0.2) is 5.96 Å². The molecule has 0 spiro atoms. The normalized spacial score (nSPS) is 11.1. The van der Waals surface area contributed by atoms with E-state index < -0.39 is 0 Å². The molecular formula is C14H19IN4S. The Morgan fingerprint density at radius 1 is 1.35 bits per heavy atom. The Bertz CT molecular complexity index is 607. The molecule has 1 aromatic heterocycles. The van der Waals surface area contributed by atoms with E-state index in [9.17, 15) is 0 Å². The van der Waals surface area contributed by atoms with Crippen LogP contribution in [0.4, 0.5) is 5.69 Å². The Hall–Kier alpha value is -1.15. The van der Waals surface area contributed by atoms with Crippen LogP contribution in [0.2, 0.25) is 0 Å². The van der Waals surface area contributed by atoms with Crippen molar-refractivity contribution < 1.29 is 0 Å². The molecule has 1 aromatic carbocycles. The van der Waals surface area contributed by atoms with Crippen molar-refractivity contribution in [2.75, 3.05) is 5.32 Å². The largest absolute Gasteiger partial charge is 0.370 e. The number of rotatable bonds is 3. The highest BCUT2D eigenvalue weighted by Gasteiger charge is 2.04. The maximum absolute atomic E-state index is 5.88. The van der Waals surface area contributed by atoms with Gasteiger partial charge in [-0.3, -0.25) is 0 Å². The van der Waals surface area contributed by atoms with Crippen molar-refractivity contribution in [3.63, 3.8) is 0 Å². The number of hydrogen-bond donors (Lipinski definition) is 2. The topological polar surface area (TPSA) is 63.3 Å². The number of nitrogens with two attached hydrogens (primary N) is 1. The number of hydrogen-bond acceptors (Lipinski definition) is 3. The lowest BCUT2D eigenvalue weighted by Gasteiger charge is -2.06. The van der Waals surface area contributed by atoms with Crippen LogP contribution in [0.5, 0.6) is 0 Å². The summed E-state index contributed by atoms with van der Waals surface area (Å²) in [6.45, 7) is 6.61. The van der Waals surface area contributed by atoms with Crippen LogP contribution in [0, 0.1) is 20.8 Å². The minimum atomic E-state index is 0. The minimum absolute atomic E-state index is 0. The molecule has 0 fully saturated rings. The van der Waals surface area contributed by atoms with Crippen molar-refractivity contribution in [1.82, 2.24) is 4.98 Å². The molecule has 0 saturated carbocycles. The molecule has 108 valence electrons. The molecular weight excluding hydrogens is 383 g/mol. The summed E-state index contributed by atoms with van der Waals surface area (Å²) in [6, 6.07) is 8.03. The average Bonchev–Trinajstić information content (AvgIpc) is 2.65. The Morgan fingerprint density at radius 3 is 2.70 bits per heavy atom. The highest BCUT2D eigenvalue weighted by Crippen LogP contribution is 2.18. The molecule has 2 rings (SSSR count). The number of thiazole rings is 1. The predicted octanol–water partition coefficient (Wildman–Crippen LogP) is 3.61. The molecule has 0 saturated heterocycles. The first-order valence-electron chi connectivity index (χ1n) is 6.11. The Labute approximate surface area is 140 Å². The number of aromatic nitrogens is 1. The number of halogens is 1. The maximum Gasteiger partial charge on any atom is 0.193 e. The molecule has 0 bridgehead atoms. The van der Waals surface area contributed by atoms with Gasteiger partial charge < -0.3 is 11.1 Å². The van der Waals surface area contributed by atoms with Crippen LogP contribution in [0.25, 0.3) is 0 Å². The predicted molar refractivity (Wildman–Crippen MR) is 97.1 cm³/mol. The van der Waals surface area contributed by atoms with Gasteiger partial charge in [-0.05, 0) is 38.5 Å². The summed E-state index contributed by atoms with van der Waals surface area (Å²) in [7, 11) is 0. The summed E-state index contributed by atoms with van der Waals surface area (Å²) in [5, 5.41) is 4.15. The lowest BCUT2D eigenvalue weighted by molar-refractivity contribution is 1.05. The van der Waals surface area contributed by atoms with Gasteiger partial charge in [0, 0.05) is 10.6 Å². The molecule has 3 N–H and O–H groups in total. The molecule has 0 unspecified atom stereocenters. The second-order valence-electron chi connectivity index (χ2n) is 4.44. The molecule has 6 heteroatoms. The Morgan fingerprint density at radius 2 is 2.10 bits per heavy atom. The van der Waals surface area contributed by atoms with E-state index in [1.807, 2.05) is 45.0 Å². The second-order valence-corrected chi connectivity index (χ2v) is 5.73. The number of benzene rings is 1. The summed E-state index contributed by atoms with van der Waals surface area (Å²) in [5.74, 6) is 0.427. The van der Waals surface area contributed by atoms with Gasteiger partial charge in [0.2, 0.25) is 0 Å². The SMILES string of the molecule is Cc1cccc(NC(N)=NCc2sc(C)nc2C)c1.I. The van der Waals surface area contributed by atoms with Gasteiger partial charge in [0.25, 0.3) is 0 Å². The third-order valence-corrected chi connectivity index (χ3v) is 3.74. The summed E-state index contributed by atoms with van der Waals surface area (Å²) >= 11 is 1.66. The second kappa shape index (κ2) is 7.58. The lowest BCUT2D eigenvalue weighted by atomic mass is 10.2. The number of aryl methyl sites for hydroxylation is 3. The molecule has 0 radical (unpaired) electrons. The first-order chi connectivity index (χ1) is 9.04. The fourth-order valence-electron chi connectivity index (χ4n) is 1.79.